The van der Waals surface area contributed by atoms with Crippen LogP contribution < -0.4 is 10.5 Å². The summed E-state index contributed by atoms with van der Waals surface area (Å²) in [5.41, 5.74) is 7.89. The standard InChI is InChI=1S/C29H23F2N5O5/c30-20-2-1-3-25(26(20)31)41-18-5-7-23(24(37)14-18)36-28(32)19(15-33-36)27(38)22-13-17-12-16(4-6-21(17)34-22)29(39)35-8-10-40-11-9-35/h1-7,12-15,34,37H,8-11,32H2. The Labute approximate surface area is 231 Å². The Morgan fingerprint density at radius 2 is 1.85 bits per heavy atom. The molecule has 0 bridgehead atoms. The lowest BCUT2D eigenvalue weighted by molar-refractivity contribution is 0.0303. The summed E-state index contributed by atoms with van der Waals surface area (Å²) in [7, 11) is 0. The van der Waals surface area contributed by atoms with Crippen molar-refractivity contribution in [3.05, 3.63) is 95.3 Å². The molecule has 1 fully saturated rings. The van der Waals surface area contributed by atoms with Crippen molar-refractivity contribution < 1.29 is 33.0 Å². The molecular weight excluding hydrogens is 536 g/mol. The zero-order valence-electron chi connectivity index (χ0n) is 21.4. The highest BCUT2D eigenvalue weighted by Crippen LogP contribution is 2.33. The molecule has 0 radical (unpaired) electrons. The first-order valence-corrected chi connectivity index (χ1v) is 12.6. The van der Waals surface area contributed by atoms with Crippen molar-refractivity contribution in [2.45, 2.75) is 0 Å². The third-order valence-electron chi connectivity index (χ3n) is 6.78. The molecule has 5 aromatic rings. The predicted molar refractivity (Wildman–Crippen MR) is 145 cm³/mol. The normalized spacial score (nSPS) is 13.5. The number of H-pyrrole nitrogens is 1. The van der Waals surface area contributed by atoms with Gasteiger partial charge in [0, 0.05) is 35.6 Å². The van der Waals surface area contributed by atoms with E-state index in [1.54, 1.807) is 29.2 Å². The van der Waals surface area contributed by atoms with Crippen LogP contribution in [0.25, 0.3) is 16.6 Å². The van der Waals surface area contributed by atoms with Crippen molar-refractivity contribution >= 4 is 28.4 Å². The van der Waals surface area contributed by atoms with Crippen LogP contribution in [0, 0.1) is 11.6 Å². The summed E-state index contributed by atoms with van der Waals surface area (Å²) < 4.78 is 39.3. The molecule has 1 saturated heterocycles. The van der Waals surface area contributed by atoms with Crippen LogP contribution in [0.3, 0.4) is 0 Å². The Bertz CT molecular complexity index is 1810. The van der Waals surface area contributed by atoms with Crippen molar-refractivity contribution in [2.75, 3.05) is 32.0 Å². The monoisotopic (exact) mass is 559 g/mol. The van der Waals surface area contributed by atoms with Crippen LogP contribution in [0.2, 0.25) is 0 Å². The number of hydrogen-bond donors (Lipinski definition) is 3. The minimum atomic E-state index is -1.16. The number of phenolic OH excluding ortho intramolecular Hbond substituents is 1. The smallest absolute Gasteiger partial charge is 0.254 e. The van der Waals surface area contributed by atoms with Gasteiger partial charge in [0.05, 0.1) is 30.7 Å². The van der Waals surface area contributed by atoms with Gasteiger partial charge in [0.2, 0.25) is 11.6 Å². The van der Waals surface area contributed by atoms with Crippen molar-refractivity contribution in [3.8, 4) is 22.9 Å². The van der Waals surface area contributed by atoms with Gasteiger partial charge in [-0.2, -0.15) is 9.49 Å². The number of nitrogens with zero attached hydrogens (tertiary/aromatic N) is 3. The first kappa shape index (κ1) is 26.0. The molecule has 12 heteroatoms. The number of nitrogens with two attached hydrogens (primary N) is 1. The number of ether oxygens (including phenoxy) is 2. The van der Waals surface area contributed by atoms with E-state index in [4.69, 9.17) is 15.2 Å². The van der Waals surface area contributed by atoms with E-state index < -0.39 is 17.4 Å². The molecule has 0 unspecified atom stereocenters. The highest BCUT2D eigenvalue weighted by molar-refractivity contribution is 6.13. The SMILES string of the molecule is Nc1c(C(=O)c2cc3cc(C(=O)N4CCOCC4)ccc3[nH]2)cnn1-c1ccc(Oc2cccc(F)c2F)cc1O. The van der Waals surface area contributed by atoms with Crippen LogP contribution in [-0.2, 0) is 4.74 Å². The van der Waals surface area contributed by atoms with E-state index in [1.807, 2.05) is 0 Å². The van der Waals surface area contributed by atoms with Crippen LogP contribution in [0.5, 0.6) is 17.2 Å². The number of aromatic hydroxyl groups is 1. The molecule has 0 aliphatic carbocycles. The summed E-state index contributed by atoms with van der Waals surface area (Å²) in [6.07, 6.45) is 1.28. The number of aromatic nitrogens is 3. The average molecular weight is 560 g/mol. The van der Waals surface area contributed by atoms with Gasteiger partial charge in [-0.25, -0.2) is 9.07 Å². The number of phenols is 1. The fourth-order valence-electron chi connectivity index (χ4n) is 4.64. The third kappa shape index (κ3) is 4.85. The first-order valence-electron chi connectivity index (χ1n) is 12.6. The summed E-state index contributed by atoms with van der Waals surface area (Å²) in [6.45, 7) is 2.04. The predicted octanol–water partition coefficient (Wildman–Crippen LogP) is 4.42. The van der Waals surface area contributed by atoms with Crippen LogP contribution >= 0.6 is 0 Å². The molecule has 41 heavy (non-hydrogen) atoms. The number of fused-ring (bicyclic) bond motifs is 1. The Hall–Kier alpha value is -5.23. The quantitative estimate of drug-likeness (QED) is 0.262. The van der Waals surface area contributed by atoms with Crippen LogP contribution in [0.4, 0.5) is 14.6 Å². The van der Waals surface area contributed by atoms with Gasteiger partial charge >= 0.3 is 0 Å². The molecule has 4 N–H and O–H groups in total. The highest BCUT2D eigenvalue weighted by atomic mass is 19.2. The summed E-state index contributed by atoms with van der Waals surface area (Å²) >= 11 is 0. The number of hydrogen-bond acceptors (Lipinski definition) is 7. The van der Waals surface area contributed by atoms with Crippen LogP contribution in [0.15, 0.2) is 66.9 Å². The molecular formula is C29H23F2N5O5. The highest BCUT2D eigenvalue weighted by Gasteiger charge is 2.23. The lowest BCUT2D eigenvalue weighted by Crippen LogP contribution is -2.40. The van der Waals surface area contributed by atoms with E-state index in [2.05, 4.69) is 10.1 Å². The Morgan fingerprint density at radius 1 is 1.05 bits per heavy atom. The number of ketones is 1. The molecule has 10 nitrogen and oxygen atoms in total. The van der Waals surface area contributed by atoms with Gasteiger partial charge in [-0.15, -0.1) is 0 Å². The molecule has 3 aromatic carbocycles. The second-order valence-electron chi connectivity index (χ2n) is 9.38. The second kappa shape index (κ2) is 10.4. The molecule has 1 aliphatic heterocycles. The van der Waals surface area contributed by atoms with Crippen molar-refractivity contribution in [1.29, 1.82) is 0 Å². The Kier molecular flexibility index (Phi) is 6.59. The van der Waals surface area contributed by atoms with E-state index in [-0.39, 0.29) is 45.9 Å². The van der Waals surface area contributed by atoms with Gasteiger partial charge in [-0.05, 0) is 48.5 Å². The van der Waals surface area contributed by atoms with E-state index in [9.17, 15) is 23.5 Å². The van der Waals surface area contributed by atoms with Gasteiger partial charge in [0.25, 0.3) is 5.91 Å². The molecule has 0 atom stereocenters. The van der Waals surface area contributed by atoms with E-state index in [0.717, 1.165) is 6.07 Å². The largest absolute Gasteiger partial charge is 0.506 e. The molecule has 0 spiro atoms. The van der Waals surface area contributed by atoms with E-state index in [0.29, 0.717) is 42.8 Å². The summed E-state index contributed by atoms with van der Waals surface area (Å²) in [4.78, 5) is 31.0. The molecule has 0 saturated carbocycles. The fourth-order valence-corrected chi connectivity index (χ4v) is 4.64. The molecule has 208 valence electrons. The number of nitrogen functional groups attached to an aromatic ring is 1. The molecule has 3 heterocycles. The van der Waals surface area contributed by atoms with Crippen LogP contribution in [0.1, 0.15) is 26.4 Å². The number of aromatic amines is 1. The number of anilines is 1. The van der Waals surface area contributed by atoms with Gasteiger partial charge in [0.1, 0.15) is 23.0 Å². The maximum absolute atomic E-state index is 14.0. The van der Waals surface area contributed by atoms with E-state index in [1.165, 1.54) is 41.2 Å². The topological polar surface area (TPSA) is 136 Å². The number of benzene rings is 3. The Morgan fingerprint density at radius 3 is 2.63 bits per heavy atom. The van der Waals surface area contributed by atoms with Gasteiger partial charge < -0.3 is 30.2 Å². The average Bonchev–Trinajstić information content (AvgIpc) is 3.58. The summed E-state index contributed by atoms with van der Waals surface area (Å²) in [5, 5.41) is 15.4. The molecule has 6 rings (SSSR count). The number of nitrogens with one attached hydrogen (secondary N) is 1. The van der Waals surface area contributed by atoms with Crippen LogP contribution in [-0.4, -0.2) is 62.8 Å². The third-order valence-corrected chi connectivity index (χ3v) is 6.78. The second-order valence-corrected chi connectivity index (χ2v) is 9.38. The maximum Gasteiger partial charge on any atom is 0.254 e. The number of amides is 1. The van der Waals surface area contributed by atoms with Crippen molar-refractivity contribution in [1.82, 2.24) is 19.7 Å². The lowest BCUT2D eigenvalue weighted by Gasteiger charge is -2.26. The zero-order chi connectivity index (χ0) is 28.7. The summed E-state index contributed by atoms with van der Waals surface area (Å²) in [6, 6.07) is 14.3. The maximum atomic E-state index is 14.0. The number of morpholine rings is 1. The van der Waals surface area contributed by atoms with Gasteiger partial charge in [-0.1, -0.05) is 6.07 Å². The summed E-state index contributed by atoms with van der Waals surface area (Å²) in [5.74, 6) is -3.43. The fraction of sp³-hybridized carbons (Fsp3) is 0.138. The number of carbonyl (C=O) groups is 2. The Balaban J connectivity index is 1.23. The molecule has 1 amide bonds. The first-order chi connectivity index (χ1) is 19.8. The number of rotatable bonds is 6. The van der Waals surface area contributed by atoms with Gasteiger partial charge in [-0.3, -0.25) is 9.59 Å². The van der Waals surface area contributed by atoms with E-state index >= 15 is 0 Å². The molecule has 2 aromatic heterocycles. The number of carbonyl (C=O) groups excluding carboxylic acids is 2. The van der Waals surface area contributed by atoms with Gasteiger partial charge in [0.15, 0.2) is 11.6 Å². The molecule has 1 aliphatic rings. The minimum Gasteiger partial charge on any atom is -0.506 e. The lowest BCUT2D eigenvalue weighted by atomic mass is 10.1. The number of halogens is 2. The zero-order valence-corrected chi connectivity index (χ0v) is 21.4. The van der Waals surface area contributed by atoms with Crippen molar-refractivity contribution in [3.63, 3.8) is 0 Å². The van der Waals surface area contributed by atoms with Crippen molar-refractivity contribution in [2.24, 2.45) is 0 Å². The minimum absolute atomic E-state index is 0.0306.